The first-order chi connectivity index (χ1) is 28.5. The van der Waals surface area contributed by atoms with E-state index < -0.39 is 23.8 Å². The quantitative estimate of drug-likeness (QED) is 0.270. The first-order valence-electron chi connectivity index (χ1n) is 20.6. The van der Waals surface area contributed by atoms with E-state index >= 15 is 0 Å². The summed E-state index contributed by atoms with van der Waals surface area (Å²) in [4.78, 5) is 84.3. The number of nitrogens with zero attached hydrogens (tertiary/aromatic N) is 9. The molecule has 9 rings (SSSR count). The highest BCUT2D eigenvalue weighted by Crippen LogP contribution is 2.36. The fraction of sp³-hybridized carbons (Fsp3) is 0.452. The average molecular weight is 803 g/mol. The normalized spacial score (nSPS) is 23.8. The van der Waals surface area contributed by atoms with Crippen LogP contribution in [0.4, 0.5) is 32.6 Å². The van der Waals surface area contributed by atoms with E-state index in [-0.39, 0.29) is 24.3 Å². The van der Waals surface area contributed by atoms with Crippen molar-refractivity contribution in [3.63, 3.8) is 0 Å². The molecule has 308 valence electrons. The number of likely N-dealkylation sites (tertiary alicyclic amines) is 1. The average Bonchev–Trinajstić information content (AvgIpc) is 3.70. The topological polar surface area (TPSA) is 184 Å². The molecule has 59 heavy (non-hydrogen) atoms. The molecule has 17 heteroatoms. The number of nitrogens with two attached hydrogens (primary N) is 1. The summed E-state index contributed by atoms with van der Waals surface area (Å²) in [5.74, 6) is 0.379. The van der Waals surface area contributed by atoms with Crippen LogP contribution in [0.25, 0.3) is 0 Å². The molecule has 5 saturated heterocycles. The molecule has 3 aromatic rings. The fourth-order valence-corrected chi connectivity index (χ4v) is 9.60. The SMILES string of the molecule is C=C1CCN(N2C(=O)c3ccc(CN4CC[C@H]5CCN(c6ccc(Nc7nc(N8CCC[C@@H](N9CCN(C)C9=O)C8)cnc7C(N)=O)cc6)C[C@H]5C4)cc3C2=O)C(=O)N1. The maximum atomic E-state index is 13.4. The van der Waals surface area contributed by atoms with Gasteiger partial charge in [-0.25, -0.2) is 24.6 Å². The van der Waals surface area contributed by atoms with Crippen molar-refractivity contribution in [2.75, 3.05) is 81.1 Å². The first-order valence-corrected chi connectivity index (χ1v) is 20.6. The molecule has 4 N–H and O–H groups in total. The molecule has 7 amide bonds. The molecule has 0 spiro atoms. The molecule has 0 radical (unpaired) electrons. The van der Waals surface area contributed by atoms with Crippen molar-refractivity contribution in [2.45, 2.75) is 44.7 Å². The molecule has 1 aromatic heterocycles. The summed E-state index contributed by atoms with van der Waals surface area (Å²) in [7, 11) is 1.83. The Bertz CT molecular complexity index is 2220. The minimum absolute atomic E-state index is 0.0571. The number of rotatable bonds is 9. The van der Waals surface area contributed by atoms with E-state index in [1.54, 1.807) is 23.2 Å². The number of hydrogen-bond acceptors (Lipinski definition) is 11. The van der Waals surface area contributed by atoms with Gasteiger partial charge < -0.3 is 36.0 Å². The Morgan fingerprint density at radius 1 is 0.881 bits per heavy atom. The number of hydrogen-bond donors (Lipinski definition) is 3. The minimum atomic E-state index is -0.670. The number of piperidine rings is 3. The highest BCUT2D eigenvalue weighted by atomic mass is 16.2. The number of fused-ring (bicyclic) bond motifs is 2. The predicted molar refractivity (Wildman–Crippen MR) is 220 cm³/mol. The van der Waals surface area contributed by atoms with Crippen molar-refractivity contribution in [1.29, 1.82) is 0 Å². The number of benzene rings is 2. The number of hydrazine groups is 1. The summed E-state index contributed by atoms with van der Waals surface area (Å²) >= 11 is 0. The zero-order chi connectivity index (χ0) is 40.9. The lowest BCUT2D eigenvalue weighted by Crippen LogP contribution is -2.56. The number of nitrogens with one attached hydrogen (secondary N) is 2. The number of anilines is 4. The van der Waals surface area contributed by atoms with E-state index in [9.17, 15) is 24.0 Å². The third-order valence-corrected chi connectivity index (χ3v) is 12.8. The lowest BCUT2D eigenvalue weighted by molar-refractivity contribution is 0.0161. The number of carbonyl (C=O) groups is 5. The second-order valence-corrected chi connectivity index (χ2v) is 16.6. The van der Waals surface area contributed by atoms with Gasteiger partial charge in [0, 0.05) is 82.9 Å². The van der Waals surface area contributed by atoms with Crippen LogP contribution >= 0.6 is 0 Å². The molecule has 0 saturated carbocycles. The lowest BCUT2D eigenvalue weighted by Gasteiger charge is -2.45. The van der Waals surface area contributed by atoms with Crippen molar-refractivity contribution in [3.05, 3.63) is 83.3 Å². The second-order valence-electron chi connectivity index (χ2n) is 16.6. The summed E-state index contributed by atoms with van der Waals surface area (Å²) in [6.45, 7) is 11.3. The van der Waals surface area contributed by atoms with Crippen LogP contribution in [0, 0.1) is 11.8 Å². The minimum Gasteiger partial charge on any atom is -0.371 e. The Kier molecular flexibility index (Phi) is 10.1. The summed E-state index contributed by atoms with van der Waals surface area (Å²) in [6.07, 6.45) is 6.08. The Morgan fingerprint density at radius 2 is 1.68 bits per heavy atom. The monoisotopic (exact) mass is 802 g/mol. The van der Waals surface area contributed by atoms with Crippen LogP contribution in [0.2, 0.25) is 0 Å². The summed E-state index contributed by atoms with van der Waals surface area (Å²) in [5.41, 5.74) is 9.81. The van der Waals surface area contributed by atoms with E-state index in [1.807, 2.05) is 30.1 Å². The number of likely N-dealkylation sites (N-methyl/N-ethyl adjacent to an activating group) is 1. The van der Waals surface area contributed by atoms with Gasteiger partial charge in [-0.2, -0.15) is 5.01 Å². The van der Waals surface area contributed by atoms with E-state index in [0.29, 0.717) is 66.4 Å². The molecule has 0 aliphatic carbocycles. The molecule has 6 aliphatic heterocycles. The van der Waals surface area contributed by atoms with Crippen LogP contribution in [0.1, 0.15) is 68.9 Å². The zero-order valence-electron chi connectivity index (χ0n) is 33.3. The smallest absolute Gasteiger partial charge is 0.340 e. The van der Waals surface area contributed by atoms with Crippen LogP contribution in [0.5, 0.6) is 0 Å². The van der Waals surface area contributed by atoms with Crippen LogP contribution in [-0.4, -0.2) is 136 Å². The molecule has 0 bridgehead atoms. The molecular formula is C42H50N12O5. The maximum absolute atomic E-state index is 13.4. The predicted octanol–water partition coefficient (Wildman–Crippen LogP) is 3.44. The largest absolute Gasteiger partial charge is 0.371 e. The van der Waals surface area contributed by atoms with Gasteiger partial charge in [0.1, 0.15) is 5.82 Å². The molecule has 0 unspecified atom stereocenters. The molecule has 7 heterocycles. The lowest BCUT2D eigenvalue weighted by atomic mass is 9.80. The van der Waals surface area contributed by atoms with Gasteiger partial charge in [-0.15, -0.1) is 0 Å². The number of aromatic nitrogens is 2. The summed E-state index contributed by atoms with van der Waals surface area (Å²) < 4.78 is 0. The van der Waals surface area contributed by atoms with E-state index in [4.69, 9.17) is 10.7 Å². The maximum Gasteiger partial charge on any atom is 0.340 e. The summed E-state index contributed by atoms with van der Waals surface area (Å²) in [5, 5.41) is 8.04. The number of primary amides is 1. The van der Waals surface area contributed by atoms with E-state index in [0.717, 1.165) is 86.9 Å². The van der Waals surface area contributed by atoms with Crippen molar-refractivity contribution in [2.24, 2.45) is 17.6 Å². The first kappa shape index (κ1) is 38.3. The Labute approximate surface area is 342 Å². The highest BCUT2D eigenvalue weighted by molar-refractivity contribution is 6.21. The number of imide groups is 1. The Balaban J connectivity index is 0.827. The fourth-order valence-electron chi connectivity index (χ4n) is 9.60. The Morgan fingerprint density at radius 3 is 2.44 bits per heavy atom. The number of amides is 7. The molecule has 3 atom stereocenters. The summed E-state index contributed by atoms with van der Waals surface area (Å²) in [6, 6.07) is 13.2. The van der Waals surface area contributed by atoms with Gasteiger partial charge in [0.15, 0.2) is 11.5 Å². The molecule has 5 fully saturated rings. The van der Waals surface area contributed by atoms with E-state index in [1.165, 1.54) is 5.01 Å². The number of carbonyl (C=O) groups excluding carboxylic acids is 5. The van der Waals surface area contributed by atoms with Gasteiger partial charge in [0.2, 0.25) is 0 Å². The second kappa shape index (κ2) is 15.5. The highest BCUT2D eigenvalue weighted by Gasteiger charge is 2.43. The van der Waals surface area contributed by atoms with Gasteiger partial charge in [-0.1, -0.05) is 12.6 Å². The van der Waals surface area contributed by atoms with Gasteiger partial charge in [-0.05, 0) is 86.0 Å². The van der Waals surface area contributed by atoms with Crippen molar-refractivity contribution < 1.29 is 24.0 Å². The molecule has 17 nitrogen and oxygen atoms in total. The standard InChI is InChI=1S/C42H50N12O5/c1-26-11-17-53(41(58)45-26)54-39(56)33-10-5-27(20-34(33)40(54)57)22-49-15-12-28-13-16-50(24-29(28)23-49)31-8-6-30(7-9-31)46-38-36(37(43)55)44-21-35(47-38)51-14-3-4-32(25-51)52-19-18-48(2)42(52)59/h5-10,20-21,28-29,32H,1,3-4,11-19,22-25H2,2H3,(H2,43,55)(H,45,58)(H,46,47)/t28-,29+,32+/m0/s1. The molecular weight excluding hydrogens is 753 g/mol. The van der Waals surface area contributed by atoms with Crippen LogP contribution < -0.4 is 26.2 Å². The van der Waals surface area contributed by atoms with Crippen molar-refractivity contribution in [1.82, 2.24) is 40.0 Å². The zero-order valence-corrected chi connectivity index (χ0v) is 33.3. The molecule has 2 aromatic carbocycles. The van der Waals surface area contributed by atoms with Crippen LogP contribution in [-0.2, 0) is 6.54 Å². The third kappa shape index (κ3) is 7.39. The van der Waals surface area contributed by atoms with E-state index in [2.05, 4.69) is 49.0 Å². The van der Waals surface area contributed by atoms with Crippen molar-refractivity contribution >= 4 is 52.8 Å². The van der Waals surface area contributed by atoms with Gasteiger partial charge in [-0.3, -0.25) is 19.3 Å². The van der Waals surface area contributed by atoms with Gasteiger partial charge in [0.25, 0.3) is 17.7 Å². The van der Waals surface area contributed by atoms with Crippen molar-refractivity contribution in [3.8, 4) is 0 Å². The van der Waals surface area contributed by atoms with Gasteiger partial charge in [0.05, 0.1) is 29.9 Å². The van der Waals surface area contributed by atoms with Crippen LogP contribution in [0.3, 0.4) is 0 Å². The molecule has 6 aliphatic rings. The van der Waals surface area contributed by atoms with Crippen LogP contribution in [0.15, 0.2) is 60.9 Å². The Hall–Kier alpha value is -6.23. The van der Waals surface area contributed by atoms with Gasteiger partial charge >= 0.3 is 12.1 Å². The third-order valence-electron chi connectivity index (χ3n) is 12.8. The number of urea groups is 2.